The van der Waals surface area contributed by atoms with Crippen LogP contribution in [-0.2, 0) is 11.2 Å². The fraction of sp³-hybridized carbons (Fsp3) is 0.231. The Labute approximate surface area is 100 Å². The van der Waals surface area contributed by atoms with Crippen LogP contribution in [0.25, 0.3) is 5.57 Å². The van der Waals surface area contributed by atoms with Gasteiger partial charge >= 0.3 is 0 Å². The third-order valence-electron chi connectivity index (χ3n) is 2.81. The maximum absolute atomic E-state index is 11.5. The highest BCUT2D eigenvalue weighted by molar-refractivity contribution is 6.02. The molecule has 0 saturated heterocycles. The van der Waals surface area contributed by atoms with E-state index in [4.69, 9.17) is 11.5 Å². The number of amides is 1. The van der Waals surface area contributed by atoms with Crippen LogP contribution in [0.2, 0.25) is 0 Å². The molecule has 1 amide bonds. The van der Waals surface area contributed by atoms with Gasteiger partial charge in [-0.25, -0.2) is 0 Å². The first-order valence-electron chi connectivity index (χ1n) is 5.50. The average molecular weight is 229 g/mol. The van der Waals surface area contributed by atoms with Crippen molar-refractivity contribution in [3.63, 3.8) is 0 Å². The molecule has 17 heavy (non-hydrogen) atoms. The molecule has 0 saturated carbocycles. The second-order valence-electron chi connectivity index (χ2n) is 4.21. The van der Waals surface area contributed by atoms with Gasteiger partial charge in [0, 0.05) is 6.08 Å². The Hall–Kier alpha value is -2.10. The molecule has 0 bridgehead atoms. The quantitative estimate of drug-likeness (QED) is 0.430. The molecule has 1 aromatic carbocycles. The van der Waals surface area contributed by atoms with E-state index >= 15 is 0 Å². The average Bonchev–Trinajstić information content (AvgIpc) is 2.59. The van der Waals surface area contributed by atoms with Gasteiger partial charge in [-0.15, -0.1) is 0 Å². The number of guanidine groups is 1. The minimum Gasteiger partial charge on any atom is -0.370 e. The van der Waals surface area contributed by atoms with Crippen molar-refractivity contribution < 1.29 is 4.79 Å². The smallest absolute Gasteiger partial charge is 0.273 e. The summed E-state index contributed by atoms with van der Waals surface area (Å²) in [7, 11) is 0. The highest BCUT2D eigenvalue weighted by Gasteiger charge is 2.16. The van der Waals surface area contributed by atoms with Crippen molar-refractivity contribution in [3.8, 4) is 0 Å². The molecule has 0 spiro atoms. The molecule has 0 aliphatic heterocycles. The van der Waals surface area contributed by atoms with E-state index in [0.29, 0.717) is 0 Å². The van der Waals surface area contributed by atoms with Crippen LogP contribution in [0, 0.1) is 6.92 Å². The Bertz CT molecular complexity index is 525. The SMILES string of the molecule is Cc1ccc2c(c1)CC/C2=C\C(=O)N=C(N)N. The van der Waals surface area contributed by atoms with Gasteiger partial charge in [0.15, 0.2) is 5.96 Å². The Morgan fingerprint density at radius 1 is 1.35 bits per heavy atom. The lowest BCUT2D eigenvalue weighted by atomic mass is 10.0. The van der Waals surface area contributed by atoms with Crippen molar-refractivity contribution in [1.29, 1.82) is 0 Å². The van der Waals surface area contributed by atoms with Gasteiger partial charge in [0.2, 0.25) is 0 Å². The highest BCUT2D eigenvalue weighted by Crippen LogP contribution is 2.32. The minimum absolute atomic E-state index is 0.200. The van der Waals surface area contributed by atoms with E-state index in [1.54, 1.807) is 0 Å². The van der Waals surface area contributed by atoms with Crippen LogP contribution in [0.3, 0.4) is 0 Å². The molecule has 0 heterocycles. The second kappa shape index (κ2) is 4.41. The third-order valence-corrected chi connectivity index (χ3v) is 2.81. The van der Waals surface area contributed by atoms with Gasteiger partial charge in [-0.3, -0.25) is 4.79 Å². The molecule has 88 valence electrons. The maximum Gasteiger partial charge on any atom is 0.273 e. The normalized spacial score (nSPS) is 15.7. The van der Waals surface area contributed by atoms with Crippen LogP contribution >= 0.6 is 0 Å². The monoisotopic (exact) mass is 229 g/mol. The molecule has 0 unspecified atom stereocenters. The zero-order valence-corrected chi connectivity index (χ0v) is 9.73. The number of rotatable bonds is 1. The number of carbonyl (C=O) groups is 1. The van der Waals surface area contributed by atoms with Crippen molar-refractivity contribution in [2.75, 3.05) is 0 Å². The molecule has 1 aromatic rings. The minimum atomic E-state index is -0.395. The number of aryl methyl sites for hydroxylation is 2. The maximum atomic E-state index is 11.5. The molecule has 4 heteroatoms. The van der Waals surface area contributed by atoms with Crippen LogP contribution in [0.4, 0.5) is 0 Å². The summed E-state index contributed by atoms with van der Waals surface area (Å²) in [5, 5.41) is 0. The van der Waals surface area contributed by atoms with Gasteiger partial charge < -0.3 is 11.5 Å². The highest BCUT2D eigenvalue weighted by atomic mass is 16.1. The first-order chi connectivity index (χ1) is 8.06. The van der Waals surface area contributed by atoms with Crippen molar-refractivity contribution >= 4 is 17.4 Å². The van der Waals surface area contributed by atoms with Gasteiger partial charge in [-0.1, -0.05) is 23.8 Å². The number of allylic oxidation sites excluding steroid dienone is 1. The van der Waals surface area contributed by atoms with E-state index in [-0.39, 0.29) is 5.96 Å². The topological polar surface area (TPSA) is 81.5 Å². The van der Waals surface area contributed by atoms with Gasteiger partial charge in [-0.2, -0.15) is 4.99 Å². The summed E-state index contributed by atoms with van der Waals surface area (Å²) in [4.78, 5) is 15.0. The third kappa shape index (κ3) is 2.53. The number of aliphatic imine (C=N–C) groups is 1. The summed E-state index contributed by atoms with van der Waals surface area (Å²) < 4.78 is 0. The number of hydrogen-bond donors (Lipinski definition) is 2. The summed E-state index contributed by atoms with van der Waals surface area (Å²) in [6.07, 6.45) is 3.35. The Balaban J connectivity index is 2.31. The number of nitrogens with two attached hydrogens (primary N) is 2. The van der Waals surface area contributed by atoms with Crippen LogP contribution in [0.1, 0.15) is 23.1 Å². The van der Waals surface area contributed by atoms with Crippen LogP contribution in [0.15, 0.2) is 29.3 Å². The van der Waals surface area contributed by atoms with E-state index in [9.17, 15) is 4.79 Å². The Morgan fingerprint density at radius 3 is 2.82 bits per heavy atom. The van der Waals surface area contributed by atoms with Crippen molar-refractivity contribution in [1.82, 2.24) is 0 Å². The van der Waals surface area contributed by atoms with Crippen molar-refractivity contribution in [2.45, 2.75) is 19.8 Å². The van der Waals surface area contributed by atoms with Crippen LogP contribution in [0.5, 0.6) is 0 Å². The van der Waals surface area contributed by atoms with Crippen molar-refractivity contribution in [2.24, 2.45) is 16.5 Å². The standard InChI is InChI=1S/C13H15N3O/c1-8-2-5-11-9(6-8)3-4-10(11)7-12(17)16-13(14)15/h2,5-7H,3-4H2,1H3,(H4,14,15,16,17)/b10-7+. The van der Waals surface area contributed by atoms with E-state index in [0.717, 1.165) is 24.0 Å². The number of nitrogens with zero attached hydrogens (tertiary/aromatic N) is 1. The molecule has 1 aliphatic carbocycles. The summed E-state index contributed by atoms with van der Waals surface area (Å²) in [5.74, 6) is -0.595. The zero-order valence-electron chi connectivity index (χ0n) is 9.73. The molecule has 4 nitrogen and oxygen atoms in total. The lowest BCUT2D eigenvalue weighted by Crippen LogP contribution is -2.23. The summed E-state index contributed by atoms with van der Waals surface area (Å²) in [6, 6.07) is 6.25. The van der Waals surface area contributed by atoms with E-state index in [1.807, 2.05) is 12.1 Å². The fourth-order valence-corrected chi connectivity index (χ4v) is 2.11. The van der Waals surface area contributed by atoms with Crippen LogP contribution < -0.4 is 11.5 Å². The molecule has 4 N–H and O–H groups in total. The van der Waals surface area contributed by atoms with Gasteiger partial charge in [0.1, 0.15) is 0 Å². The van der Waals surface area contributed by atoms with Gasteiger partial charge in [0.25, 0.3) is 5.91 Å². The predicted octanol–water partition coefficient (Wildman–Crippen LogP) is 1.12. The first-order valence-corrected chi connectivity index (χ1v) is 5.50. The van der Waals surface area contributed by atoms with E-state index in [2.05, 4.69) is 18.0 Å². The molecular weight excluding hydrogens is 214 g/mol. The molecule has 2 rings (SSSR count). The molecule has 0 atom stereocenters. The number of benzene rings is 1. The lowest BCUT2D eigenvalue weighted by molar-refractivity contribution is -0.113. The molecule has 1 aliphatic rings. The van der Waals surface area contributed by atoms with Gasteiger partial charge in [-0.05, 0) is 36.5 Å². The largest absolute Gasteiger partial charge is 0.370 e. The number of carbonyl (C=O) groups excluding carboxylic acids is 1. The Morgan fingerprint density at radius 2 is 2.12 bits per heavy atom. The van der Waals surface area contributed by atoms with Gasteiger partial charge in [0.05, 0.1) is 0 Å². The summed E-state index contributed by atoms with van der Waals surface area (Å²) >= 11 is 0. The number of fused-ring (bicyclic) bond motifs is 1. The lowest BCUT2D eigenvalue weighted by Gasteiger charge is -2.01. The second-order valence-corrected chi connectivity index (χ2v) is 4.21. The molecular formula is C13H15N3O. The molecule has 0 fully saturated rings. The first kappa shape index (κ1) is 11.4. The van der Waals surface area contributed by atoms with Crippen molar-refractivity contribution in [3.05, 3.63) is 41.0 Å². The van der Waals surface area contributed by atoms with E-state index < -0.39 is 5.91 Å². The predicted molar refractivity (Wildman–Crippen MR) is 68.3 cm³/mol. The molecule has 0 aromatic heterocycles. The van der Waals surface area contributed by atoms with E-state index in [1.165, 1.54) is 17.2 Å². The fourth-order valence-electron chi connectivity index (χ4n) is 2.11. The Kier molecular flexibility index (Phi) is 2.95. The van der Waals surface area contributed by atoms with Crippen LogP contribution in [-0.4, -0.2) is 11.9 Å². The number of hydrogen-bond acceptors (Lipinski definition) is 1. The zero-order chi connectivity index (χ0) is 12.4. The molecule has 0 radical (unpaired) electrons. The summed E-state index contributed by atoms with van der Waals surface area (Å²) in [5.41, 5.74) is 15.0. The summed E-state index contributed by atoms with van der Waals surface area (Å²) in [6.45, 7) is 2.06.